The molecule has 28 heavy (non-hydrogen) atoms. The molecule has 4 aromatic carbocycles. The van der Waals surface area contributed by atoms with Gasteiger partial charge in [-0.25, -0.2) is 9.98 Å². The van der Waals surface area contributed by atoms with Crippen LogP contribution in [0.15, 0.2) is 94.9 Å². The molecule has 3 nitrogen and oxygen atoms in total. The summed E-state index contributed by atoms with van der Waals surface area (Å²) in [5, 5.41) is 2.37. The van der Waals surface area contributed by atoms with Crippen LogP contribution in [-0.2, 0) is 0 Å². The number of amidine groups is 2. The topological polar surface area (TPSA) is 28.0 Å². The Hall–Kier alpha value is -3.72. The molecule has 0 aliphatic carbocycles. The van der Waals surface area contributed by atoms with Crippen molar-refractivity contribution in [3.63, 3.8) is 0 Å². The molecular weight excluding hydrogens is 342 g/mol. The zero-order valence-electron chi connectivity index (χ0n) is 15.4. The first-order chi connectivity index (χ1) is 13.8. The molecule has 3 heteroatoms. The molecule has 2 heterocycles. The van der Waals surface area contributed by atoms with E-state index in [4.69, 9.17) is 9.98 Å². The van der Waals surface area contributed by atoms with Crippen LogP contribution in [0.1, 0.15) is 16.7 Å². The highest BCUT2D eigenvalue weighted by Gasteiger charge is 2.32. The average Bonchev–Trinajstić information content (AvgIpc) is 2.74. The summed E-state index contributed by atoms with van der Waals surface area (Å²) in [7, 11) is 0. The van der Waals surface area contributed by atoms with Gasteiger partial charge in [-0.3, -0.25) is 4.90 Å². The second-order valence-corrected chi connectivity index (χ2v) is 7.24. The quantitative estimate of drug-likeness (QED) is 0.401. The third kappa shape index (κ3) is 2.10. The van der Waals surface area contributed by atoms with E-state index in [1.807, 2.05) is 12.1 Å². The molecule has 2 aliphatic rings. The molecule has 0 saturated heterocycles. The van der Waals surface area contributed by atoms with Crippen LogP contribution in [0.3, 0.4) is 0 Å². The lowest BCUT2D eigenvalue weighted by molar-refractivity contribution is 1.28. The maximum Gasteiger partial charge on any atom is 0.148 e. The largest absolute Gasteiger partial charge is 0.277 e. The van der Waals surface area contributed by atoms with E-state index in [0.717, 1.165) is 39.9 Å². The average molecular weight is 359 g/mol. The van der Waals surface area contributed by atoms with E-state index < -0.39 is 0 Å². The summed E-state index contributed by atoms with van der Waals surface area (Å²) in [6, 6.07) is 29.5. The smallest absolute Gasteiger partial charge is 0.148 e. The van der Waals surface area contributed by atoms with Crippen LogP contribution in [-0.4, -0.2) is 11.7 Å². The number of anilines is 1. The van der Waals surface area contributed by atoms with Gasteiger partial charge in [0.05, 0.1) is 17.1 Å². The van der Waals surface area contributed by atoms with Crippen LogP contribution in [0.2, 0.25) is 0 Å². The maximum atomic E-state index is 5.08. The van der Waals surface area contributed by atoms with Crippen molar-refractivity contribution in [1.82, 2.24) is 0 Å². The first-order valence-corrected chi connectivity index (χ1v) is 9.45. The van der Waals surface area contributed by atoms with E-state index in [1.54, 1.807) is 0 Å². The molecule has 132 valence electrons. The van der Waals surface area contributed by atoms with Crippen molar-refractivity contribution in [2.45, 2.75) is 6.92 Å². The lowest BCUT2D eigenvalue weighted by atomic mass is 9.99. The second kappa shape index (κ2) is 5.64. The van der Waals surface area contributed by atoms with Gasteiger partial charge in [0, 0.05) is 16.5 Å². The second-order valence-electron chi connectivity index (χ2n) is 7.24. The molecular formula is C25H17N3. The fraction of sp³-hybridized carbons (Fsp3) is 0.0400. The van der Waals surface area contributed by atoms with Gasteiger partial charge >= 0.3 is 0 Å². The number of rotatable bonds is 1. The lowest BCUT2D eigenvalue weighted by Gasteiger charge is -2.35. The van der Waals surface area contributed by atoms with Gasteiger partial charge in [0.1, 0.15) is 11.7 Å². The first-order valence-electron chi connectivity index (χ1n) is 9.45. The number of hydrogen-bond acceptors (Lipinski definition) is 3. The minimum absolute atomic E-state index is 0.916. The highest BCUT2D eigenvalue weighted by molar-refractivity contribution is 6.37. The fourth-order valence-electron chi connectivity index (χ4n) is 4.08. The van der Waals surface area contributed by atoms with Crippen molar-refractivity contribution in [3.8, 4) is 0 Å². The zero-order valence-corrected chi connectivity index (χ0v) is 15.4. The summed E-state index contributed by atoms with van der Waals surface area (Å²) in [5.41, 5.74) is 6.49. The summed E-state index contributed by atoms with van der Waals surface area (Å²) in [6.07, 6.45) is 0. The monoisotopic (exact) mass is 359 g/mol. The van der Waals surface area contributed by atoms with Gasteiger partial charge in [-0.2, -0.15) is 0 Å². The molecule has 0 atom stereocenters. The summed E-state index contributed by atoms with van der Waals surface area (Å²) in [6.45, 7) is 2.10. The Bertz CT molecular complexity index is 1310. The third-order valence-corrected chi connectivity index (χ3v) is 5.43. The molecule has 0 spiro atoms. The predicted molar refractivity (Wildman–Crippen MR) is 116 cm³/mol. The SMILES string of the molecule is Cc1ccc(C2=Nc3ccccc3C3=Nc4cccc5cccc(c45)N23)cc1. The van der Waals surface area contributed by atoms with E-state index in [2.05, 4.69) is 84.6 Å². The van der Waals surface area contributed by atoms with Crippen LogP contribution >= 0.6 is 0 Å². The molecule has 0 radical (unpaired) electrons. The van der Waals surface area contributed by atoms with Crippen molar-refractivity contribution in [2.24, 2.45) is 9.98 Å². The molecule has 4 aromatic rings. The van der Waals surface area contributed by atoms with Crippen LogP contribution in [0, 0.1) is 6.92 Å². The number of hydrogen-bond donors (Lipinski definition) is 0. The molecule has 0 aromatic heterocycles. The minimum Gasteiger partial charge on any atom is -0.277 e. The number of para-hydroxylation sites is 1. The van der Waals surface area contributed by atoms with E-state index in [9.17, 15) is 0 Å². The Morgan fingerprint density at radius 1 is 0.643 bits per heavy atom. The Balaban J connectivity index is 1.70. The van der Waals surface area contributed by atoms with Crippen LogP contribution in [0.4, 0.5) is 17.1 Å². The highest BCUT2D eigenvalue weighted by atomic mass is 15.3. The van der Waals surface area contributed by atoms with Crippen molar-refractivity contribution in [3.05, 3.63) is 102 Å². The lowest BCUT2D eigenvalue weighted by Crippen LogP contribution is -2.41. The van der Waals surface area contributed by atoms with Gasteiger partial charge in [-0.05, 0) is 36.6 Å². The Morgan fingerprint density at radius 2 is 1.36 bits per heavy atom. The van der Waals surface area contributed by atoms with Gasteiger partial charge in [0.15, 0.2) is 0 Å². The zero-order chi connectivity index (χ0) is 18.7. The Labute approximate surface area is 163 Å². The molecule has 0 fully saturated rings. The summed E-state index contributed by atoms with van der Waals surface area (Å²) >= 11 is 0. The van der Waals surface area contributed by atoms with E-state index in [0.29, 0.717) is 0 Å². The van der Waals surface area contributed by atoms with Gasteiger partial charge in [-0.1, -0.05) is 66.2 Å². The molecule has 0 unspecified atom stereocenters. The molecule has 6 rings (SSSR count). The summed E-state index contributed by atoms with van der Waals surface area (Å²) < 4.78 is 0. The molecule has 0 bridgehead atoms. The van der Waals surface area contributed by atoms with Gasteiger partial charge in [0.25, 0.3) is 0 Å². The minimum atomic E-state index is 0.916. The van der Waals surface area contributed by atoms with Crippen LogP contribution in [0.5, 0.6) is 0 Å². The van der Waals surface area contributed by atoms with E-state index in [1.165, 1.54) is 16.3 Å². The molecule has 0 N–H and O–H groups in total. The third-order valence-electron chi connectivity index (χ3n) is 5.43. The van der Waals surface area contributed by atoms with Crippen molar-refractivity contribution >= 4 is 39.5 Å². The van der Waals surface area contributed by atoms with Crippen LogP contribution in [0.25, 0.3) is 10.8 Å². The summed E-state index contributed by atoms with van der Waals surface area (Å²) in [5.74, 6) is 1.85. The molecule has 0 saturated carbocycles. The number of aryl methyl sites for hydroxylation is 1. The number of aliphatic imine (C=N–C) groups is 2. The number of nitrogens with zero attached hydrogens (tertiary/aromatic N) is 3. The highest BCUT2D eigenvalue weighted by Crippen LogP contribution is 2.43. The first kappa shape index (κ1) is 15.3. The Morgan fingerprint density at radius 3 is 2.21 bits per heavy atom. The number of benzene rings is 4. The van der Waals surface area contributed by atoms with Crippen molar-refractivity contribution < 1.29 is 0 Å². The van der Waals surface area contributed by atoms with E-state index in [-0.39, 0.29) is 0 Å². The van der Waals surface area contributed by atoms with Gasteiger partial charge < -0.3 is 0 Å². The maximum absolute atomic E-state index is 5.08. The number of fused-ring (bicyclic) bond motifs is 4. The molecule has 0 amide bonds. The fourth-order valence-corrected chi connectivity index (χ4v) is 4.08. The van der Waals surface area contributed by atoms with Gasteiger partial charge in [-0.15, -0.1) is 0 Å². The van der Waals surface area contributed by atoms with Crippen molar-refractivity contribution in [1.29, 1.82) is 0 Å². The van der Waals surface area contributed by atoms with E-state index >= 15 is 0 Å². The van der Waals surface area contributed by atoms with Gasteiger partial charge in [0.2, 0.25) is 0 Å². The Kier molecular flexibility index (Phi) is 3.09. The molecule has 2 aliphatic heterocycles. The van der Waals surface area contributed by atoms with Crippen molar-refractivity contribution in [2.75, 3.05) is 4.90 Å². The summed E-state index contributed by atoms with van der Waals surface area (Å²) in [4.78, 5) is 12.3. The standard InChI is InChI=1S/C25H17N3/c1-16-12-14-18(15-13-16)24-26-20-9-3-2-8-19(20)25-27-21-10-4-6-17-7-5-11-22(23(17)21)28(24)25/h2-15H,1H3. The van der Waals surface area contributed by atoms with Crippen LogP contribution < -0.4 is 4.90 Å². The normalized spacial score (nSPS) is 14.2. The predicted octanol–water partition coefficient (Wildman–Crippen LogP) is 6.14.